The summed E-state index contributed by atoms with van der Waals surface area (Å²) in [7, 11) is 0. The molecular weight excluding hydrogens is 709 g/mol. The van der Waals surface area contributed by atoms with Gasteiger partial charge < -0.3 is 31.1 Å². The van der Waals surface area contributed by atoms with Crippen LogP contribution in [0.4, 0.5) is 0 Å². The van der Waals surface area contributed by atoms with Gasteiger partial charge in [0.25, 0.3) is 11.8 Å². The minimum absolute atomic E-state index is 0.000186. The van der Waals surface area contributed by atoms with Gasteiger partial charge >= 0.3 is 0 Å². The lowest BCUT2D eigenvalue weighted by Gasteiger charge is -2.18. The Kier molecular flexibility index (Phi) is 9.59. The number of carbonyl (C=O) groups excluding carboxylic acids is 6. The van der Waals surface area contributed by atoms with Crippen LogP contribution in [-0.2, 0) is 19.2 Å². The topological polar surface area (TPSA) is 157 Å². The fraction of sp³-hybridized carbons (Fsp3) is 0.455. The molecule has 4 saturated carbocycles. The smallest absolute Gasteiger partial charge is 0.253 e. The number of hydrogen-bond acceptors (Lipinski definition) is 6. The van der Waals surface area contributed by atoms with Gasteiger partial charge in [0.05, 0.1) is 23.7 Å². The van der Waals surface area contributed by atoms with Crippen LogP contribution in [-0.4, -0.2) is 95.6 Å². The molecule has 3 aromatic rings. The van der Waals surface area contributed by atoms with E-state index in [1.807, 2.05) is 36.4 Å². The summed E-state index contributed by atoms with van der Waals surface area (Å²) in [6.07, 6.45) is 5.34. The van der Waals surface area contributed by atoms with E-state index in [9.17, 15) is 28.8 Å². The molecule has 6 aliphatic rings. The Bertz CT molecular complexity index is 1870. The molecule has 6 amide bonds. The maximum Gasteiger partial charge on any atom is 0.253 e. The Hall–Kier alpha value is -5.52. The molecule has 1 unspecified atom stereocenters. The summed E-state index contributed by atoms with van der Waals surface area (Å²) in [6.45, 7) is 0.478. The second-order valence-electron chi connectivity index (χ2n) is 16.7. The second-order valence-corrected chi connectivity index (χ2v) is 16.7. The highest BCUT2D eigenvalue weighted by atomic mass is 16.2. The van der Waals surface area contributed by atoms with E-state index in [1.165, 1.54) is 11.1 Å². The molecule has 3 aromatic carbocycles. The van der Waals surface area contributed by atoms with E-state index in [1.54, 1.807) is 34.1 Å². The molecule has 56 heavy (non-hydrogen) atoms. The van der Waals surface area contributed by atoms with Gasteiger partial charge in [-0.3, -0.25) is 28.8 Å². The molecule has 0 spiro atoms. The van der Waals surface area contributed by atoms with Crippen LogP contribution in [0.1, 0.15) is 82.2 Å². The standard InChI is InChI=1S/C44H48N6O6/c51-39(45-29-15-16-29)33-21-49(23-35(33)41(53)47-37-19-31(37)25-7-3-1-4-8-25)43(55)27-11-13-28(14-12-27)44(56)50-22-34(40(52)46-30-17-18-30)36(24-50)42(54)48-38-20-32(38)26-9-5-2-6-10-26/h1-14,29-38H,15-24H2,(H,45,51)(H,46,52)(H,47,53)(H,48,54)/t31-,32-,33+,34?,35+,36+,37+,38+/m0/s1. The van der Waals surface area contributed by atoms with Crippen molar-refractivity contribution in [2.45, 2.75) is 74.5 Å². The van der Waals surface area contributed by atoms with E-state index >= 15 is 0 Å². The van der Waals surface area contributed by atoms with Crippen molar-refractivity contribution in [1.82, 2.24) is 31.1 Å². The average molecular weight is 757 g/mol. The van der Waals surface area contributed by atoms with Gasteiger partial charge in [-0.25, -0.2) is 0 Å². The zero-order chi connectivity index (χ0) is 38.5. The first-order valence-electron chi connectivity index (χ1n) is 20.2. The lowest BCUT2D eigenvalue weighted by atomic mass is 9.94. The molecule has 290 valence electrons. The number of nitrogens with zero attached hydrogens (tertiary/aromatic N) is 2. The summed E-state index contributed by atoms with van der Waals surface area (Å²) in [4.78, 5) is 84.8. The summed E-state index contributed by atoms with van der Waals surface area (Å²) >= 11 is 0. The van der Waals surface area contributed by atoms with Crippen molar-refractivity contribution >= 4 is 35.4 Å². The van der Waals surface area contributed by atoms with Crippen LogP contribution in [0.3, 0.4) is 0 Å². The predicted octanol–water partition coefficient (Wildman–Crippen LogP) is 2.96. The Labute approximate surface area is 326 Å². The molecule has 0 bridgehead atoms. The van der Waals surface area contributed by atoms with Crippen molar-refractivity contribution in [1.29, 1.82) is 0 Å². The first-order chi connectivity index (χ1) is 27.2. The van der Waals surface area contributed by atoms with E-state index in [4.69, 9.17) is 0 Å². The molecule has 2 aliphatic heterocycles. The molecule has 12 heteroatoms. The third-order valence-corrected chi connectivity index (χ3v) is 12.5. The number of amides is 6. The molecule has 8 atom stereocenters. The average Bonchev–Trinajstić information content (AvgIpc) is 4.08. The highest BCUT2D eigenvalue weighted by molar-refractivity contribution is 6.00. The predicted molar refractivity (Wildman–Crippen MR) is 206 cm³/mol. The van der Waals surface area contributed by atoms with Gasteiger partial charge in [-0.1, -0.05) is 60.7 Å². The van der Waals surface area contributed by atoms with Gasteiger partial charge in [-0.2, -0.15) is 0 Å². The number of carbonyl (C=O) groups is 6. The number of benzene rings is 3. The zero-order valence-corrected chi connectivity index (χ0v) is 31.3. The third kappa shape index (κ3) is 7.79. The molecule has 12 nitrogen and oxygen atoms in total. The fourth-order valence-electron chi connectivity index (χ4n) is 8.62. The van der Waals surface area contributed by atoms with Gasteiger partial charge in [0, 0.05) is 73.3 Å². The monoisotopic (exact) mass is 756 g/mol. The molecule has 6 fully saturated rings. The molecule has 0 aromatic heterocycles. The van der Waals surface area contributed by atoms with E-state index in [0.29, 0.717) is 11.1 Å². The first kappa shape index (κ1) is 36.1. The fourth-order valence-corrected chi connectivity index (χ4v) is 8.62. The van der Waals surface area contributed by atoms with Crippen molar-refractivity contribution in [3.05, 3.63) is 107 Å². The Morgan fingerprint density at radius 2 is 0.750 bits per heavy atom. The summed E-state index contributed by atoms with van der Waals surface area (Å²) in [6, 6.07) is 26.7. The normalized spacial score (nSPS) is 28.9. The van der Waals surface area contributed by atoms with E-state index in [-0.39, 0.29) is 97.6 Å². The highest BCUT2D eigenvalue weighted by Gasteiger charge is 2.49. The van der Waals surface area contributed by atoms with E-state index < -0.39 is 23.7 Å². The molecule has 2 heterocycles. The molecule has 0 radical (unpaired) electrons. The van der Waals surface area contributed by atoms with Gasteiger partial charge in [0.2, 0.25) is 23.6 Å². The third-order valence-electron chi connectivity index (χ3n) is 12.5. The SMILES string of the molecule is O=C(NC1CC1)C1CN(C(=O)c2ccc(C(=O)N3C[C@@H](C(=O)NC4CC4)[C@H](C(=O)N[C@@H]4C[C@H]4c4ccccc4)C3)cc2)C[C@H]1C(=O)N[C@@H]1C[C@H]1c1ccccc1. The molecule has 2 saturated heterocycles. The molecule has 4 N–H and O–H groups in total. The van der Waals surface area contributed by atoms with Crippen LogP contribution in [0.5, 0.6) is 0 Å². The highest BCUT2D eigenvalue weighted by Crippen LogP contribution is 2.42. The van der Waals surface area contributed by atoms with Gasteiger partial charge in [0.1, 0.15) is 0 Å². The molecular formula is C44H48N6O6. The minimum Gasteiger partial charge on any atom is -0.353 e. The van der Waals surface area contributed by atoms with Crippen molar-refractivity contribution in [2.75, 3.05) is 26.2 Å². The maximum absolute atomic E-state index is 13.8. The summed E-state index contributed by atoms with van der Waals surface area (Å²) in [5.41, 5.74) is 3.03. The van der Waals surface area contributed by atoms with Gasteiger partial charge in [-0.05, 0) is 73.9 Å². The van der Waals surface area contributed by atoms with Crippen LogP contribution in [0.25, 0.3) is 0 Å². The van der Waals surface area contributed by atoms with Crippen LogP contribution < -0.4 is 21.3 Å². The Morgan fingerprint density at radius 3 is 1.07 bits per heavy atom. The van der Waals surface area contributed by atoms with Crippen molar-refractivity contribution < 1.29 is 28.8 Å². The van der Waals surface area contributed by atoms with E-state index in [0.717, 1.165) is 38.5 Å². The van der Waals surface area contributed by atoms with E-state index in [2.05, 4.69) is 45.5 Å². The quantitative estimate of drug-likeness (QED) is 0.223. The summed E-state index contributed by atoms with van der Waals surface area (Å²) in [5, 5.41) is 12.4. The van der Waals surface area contributed by atoms with Crippen molar-refractivity contribution in [3.63, 3.8) is 0 Å². The Balaban J connectivity index is 0.842. The van der Waals surface area contributed by atoms with Crippen LogP contribution in [0.15, 0.2) is 84.9 Å². The molecule has 9 rings (SSSR count). The summed E-state index contributed by atoms with van der Waals surface area (Å²) < 4.78 is 0. The largest absolute Gasteiger partial charge is 0.353 e. The molecule has 4 aliphatic carbocycles. The number of rotatable bonds is 12. The lowest BCUT2D eigenvalue weighted by molar-refractivity contribution is -0.133. The minimum atomic E-state index is -0.676. The number of likely N-dealkylation sites (tertiary alicyclic amines) is 2. The Morgan fingerprint density at radius 1 is 0.429 bits per heavy atom. The summed E-state index contributed by atoms with van der Waals surface area (Å²) in [5.74, 6) is -3.66. The zero-order valence-electron chi connectivity index (χ0n) is 31.3. The van der Waals surface area contributed by atoms with Crippen LogP contribution in [0, 0.1) is 23.7 Å². The number of hydrogen-bond donors (Lipinski definition) is 4. The lowest BCUT2D eigenvalue weighted by Crippen LogP contribution is -2.43. The van der Waals surface area contributed by atoms with Crippen molar-refractivity contribution in [3.8, 4) is 0 Å². The van der Waals surface area contributed by atoms with Crippen LogP contribution >= 0.6 is 0 Å². The van der Waals surface area contributed by atoms with Gasteiger partial charge in [-0.15, -0.1) is 0 Å². The second kappa shape index (κ2) is 14.9. The maximum atomic E-state index is 13.8. The number of nitrogens with one attached hydrogen (secondary N) is 4. The van der Waals surface area contributed by atoms with Gasteiger partial charge in [0.15, 0.2) is 0 Å². The first-order valence-corrected chi connectivity index (χ1v) is 20.2. The van der Waals surface area contributed by atoms with Crippen LogP contribution in [0.2, 0.25) is 0 Å². The van der Waals surface area contributed by atoms with Crippen molar-refractivity contribution in [2.24, 2.45) is 23.7 Å².